The highest BCUT2D eigenvalue weighted by molar-refractivity contribution is 5.94. The number of anilines is 2. The van der Waals surface area contributed by atoms with Gasteiger partial charge in [-0.2, -0.15) is 0 Å². The molecule has 0 aromatic heterocycles. The number of carbonyl (C=O) groups excluding carboxylic acids is 1. The molecule has 0 fully saturated rings. The molecule has 150 valence electrons. The number of hydrogen-bond donors (Lipinski definition) is 2. The van der Waals surface area contributed by atoms with E-state index in [-0.39, 0.29) is 12.5 Å². The topological polar surface area (TPSA) is 68.8 Å². The lowest BCUT2D eigenvalue weighted by molar-refractivity contribution is -0.114. The van der Waals surface area contributed by atoms with E-state index >= 15 is 0 Å². The lowest BCUT2D eigenvalue weighted by atomic mass is 10.2. The molecule has 0 saturated heterocycles. The van der Waals surface area contributed by atoms with Gasteiger partial charge < -0.3 is 24.8 Å². The minimum absolute atomic E-state index is 0.106. The Morgan fingerprint density at radius 1 is 0.862 bits per heavy atom. The number of benzene rings is 3. The quantitative estimate of drug-likeness (QED) is 0.567. The van der Waals surface area contributed by atoms with Crippen LogP contribution in [0.3, 0.4) is 0 Å². The molecule has 0 unspecified atom stereocenters. The van der Waals surface area contributed by atoms with Crippen molar-refractivity contribution in [3.63, 3.8) is 0 Å². The van der Waals surface area contributed by atoms with Gasteiger partial charge in [-0.1, -0.05) is 30.3 Å². The van der Waals surface area contributed by atoms with Crippen molar-refractivity contribution in [3.8, 4) is 17.2 Å². The number of carbonyl (C=O) groups is 1. The van der Waals surface area contributed by atoms with Crippen molar-refractivity contribution in [3.05, 3.63) is 78.4 Å². The predicted molar refractivity (Wildman–Crippen MR) is 114 cm³/mol. The zero-order valence-electron chi connectivity index (χ0n) is 16.5. The van der Waals surface area contributed by atoms with Gasteiger partial charge >= 0.3 is 0 Å². The van der Waals surface area contributed by atoms with Crippen molar-refractivity contribution in [1.82, 2.24) is 0 Å². The Kier molecular flexibility index (Phi) is 6.95. The second kappa shape index (κ2) is 10.0. The van der Waals surface area contributed by atoms with Gasteiger partial charge in [0.05, 0.1) is 26.5 Å². The lowest BCUT2D eigenvalue weighted by Crippen LogP contribution is -2.21. The van der Waals surface area contributed by atoms with E-state index in [2.05, 4.69) is 10.6 Å². The Hall–Kier alpha value is -3.67. The molecular formula is C23H24N2O4. The van der Waals surface area contributed by atoms with E-state index in [1.165, 1.54) is 0 Å². The molecule has 0 bridgehead atoms. The average molecular weight is 392 g/mol. The van der Waals surface area contributed by atoms with E-state index < -0.39 is 0 Å². The van der Waals surface area contributed by atoms with Crippen LogP contribution in [0.4, 0.5) is 11.4 Å². The lowest BCUT2D eigenvalue weighted by Gasteiger charge is -2.13. The summed E-state index contributed by atoms with van der Waals surface area (Å²) in [5.41, 5.74) is 2.52. The summed E-state index contributed by atoms with van der Waals surface area (Å²) in [4.78, 5) is 12.2. The average Bonchev–Trinajstić information content (AvgIpc) is 2.77. The van der Waals surface area contributed by atoms with Crippen LogP contribution in [-0.4, -0.2) is 26.7 Å². The van der Waals surface area contributed by atoms with Gasteiger partial charge in [-0.05, 0) is 42.0 Å². The largest absolute Gasteiger partial charge is 0.497 e. The maximum Gasteiger partial charge on any atom is 0.243 e. The van der Waals surface area contributed by atoms with Crippen LogP contribution in [0.25, 0.3) is 0 Å². The van der Waals surface area contributed by atoms with Crippen LogP contribution < -0.4 is 24.8 Å². The summed E-state index contributed by atoms with van der Waals surface area (Å²) in [6.07, 6.45) is 0. The molecule has 0 heterocycles. The first-order valence-corrected chi connectivity index (χ1v) is 9.20. The van der Waals surface area contributed by atoms with E-state index in [9.17, 15) is 4.79 Å². The predicted octanol–water partition coefficient (Wildman–Crippen LogP) is 4.33. The minimum Gasteiger partial charge on any atom is -0.497 e. The molecule has 1 amide bonds. The van der Waals surface area contributed by atoms with Crippen LogP contribution in [0.5, 0.6) is 17.2 Å². The standard InChI is InChI=1S/C23H24N2O4/c1-27-20-12-13-21(22(14-20)28-2)24-15-23(26)25-18-8-10-19(11-9-18)29-16-17-6-4-3-5-7-17/h3-14,24H,15-16H2,1-2H3,(H,25,26). The van der Waals surface area contributed by atoms with E-state index in [0.29, 0.717) is 29.5 Å². The van der Waals surface area contributed by atoms with Gasteiger partial charge in [-0.25, -0.2) is 0 Å². The summed E-state index contributed by atoms with van der Waals surface area (Å²) >= 11 is 0. The van der Waals surface area contributed by atoms with Crippen LogP contribution in [0, 0.1) is 0 Å². The summed E-state index contributed by atoms with van der Waals surface area (Å²) in [5, 5.41) is 5.92. The molecule has 0 aliphatic carbocycles. The smallest absolute Gasteiger partial charge is 0.243 e. The SMILES string of the molecule is COc1ccc(NCC(=O)Nc2ccc(OCc3ccccc3)cc2)c(OC)c1. The molecule has 0 atom stereocenters. The zero-order valence-corrected chi connectivity index (χ0v) is 16.5. The highest BCUT2D eigenvalue weighted by Crippen LogP contribution is 2.28. The molecular weight excluding hydrogens is 368 g/mol. The van der Waals surface area contributed by atoms with Gasteiger partial charge in [0.25, 0.3) is 0 Å². The fraction of sp³-hybridized carbons (Fsp3) is 0.174. The molecule has 0 aliphatic heterocycles. The summed E-state index contributed by atoms with van der Waals surface area (Å²) in [7, 11) is 3.16. The van der Waals surface area contributed by atoms with E-state index in [0.717, 1.165) is 11.3 Å². The summed E-state index contributed by atoms with van der Waals surface area (Å²) in [5.74, 6) is 1.87. The molecule has 3 rings (SSSR count). The number of methoxy groups -OCH3 is 2. The van der Waals surface area contributed by atoms with Gasteiger partial charge in [0.1, 0.15) is 23.9 Å². The third kappa shape index (κ3) is 5.90. The summed E-state index contributed by atoms with van der Waals surface area (Å²) in [6.45, 7) is 0.606. The van der Waals surface area contributed by atoms with Crippen molar-refractivity contribution < 1.29 is 19.0 Å². The van der Waals surface area contributed by atoms with Gasteiger partial charge in [-0.3, -0.25) is 4.79 Å². The normalized spacial score (nSPS) is 10.1. The second-order valence-corrected chi connectivity index (χ2v) is 6.27. The van der Waals surface area contributed by atoms with Crippen LogP contribution >= 0.6 is 0 Å². The minimum atomic E-state index is -0.166. The van der Waals surface area contributed by atoms with Gasteiger partial charge in [-0.15, -0.1) is 0 Å². The highest BCUT2D eigenvalue weighted by Gasteiger charge is 2.08. The number of rotatable bonds is 9. The second-order valence-electron chi connectivity index (χ2n) is 6.27. The number of nitrogens with one attached hydrogen (secondary N) is 2. The van der Waals surface area contributed by atoms with Gasteiger partial charge in [0.2, 0.25) is 5.91 Å². The summed E-state index contributed by atoms with van der Waals surface area (Å²) in [6, 6.07) is 22.6. The first-order valence-electron chi connectivity index (χ1n) is 9.20. The van der Waals surface area contributed by atoms with Crippen molar-refractivity contribution >= 4 is 17.3 Å². The van der Waals surface area contributed by atoms with E-state index in [4.69, 9.17) is 14.2 Å². The molecule has 6 nitrogen and oxygen atoms in total. The molecule has 3 aromatic carbocycles. The number of amides is 1. The van der Waals surface area contributed by atoms with Crippen molar-refractivity contribution in [2.45, 2.75) is 6.61 Å². The Morgan fingerprint density at radius 3 is 2.28 bits per heavy atom. The summed E-state index contributed by atoms with van der Waals surface area (Å²) < 4.78 is 16.2. The molecule has 29 heavy (non-hydrogen) atoms. The molecule has 6 heteroatoms. The van der Waals surface area contributed by atoms with Crippen molar-refractivity contribution in [2.75, 3.05) is 31.4 Å². The van der Waals surface area contributed by atoms with Gasteiger partial charge in [0, 0.05) is 11.8 Å². The first-order chi connectivity index (χ1) is 14.2. The third-order valence-corrected chi connectivity index (χ3v) is 4.23. The van der Waals surface area contributed by atoms with Crippen LogP contribution in [0.15, 0.2) is 72.8 Å². The molecule has 2 N–H and O–H groups in total. The van der Waals surface area contributed by atoms with E-state index in [1.54, 1.807) is 26.4 Å². The van der Waals surface area contributed by atoms with Crippen LogP contribution in [0.2, 0.25) is 0 Å². The molecule has 0 saturated carbocycles. The zero-order chi connectivity index (χ0) is 20.5. The Bertz CT molecular complexity index is 927. The first kappa shape index (κ1) is 20.1. The maximum atomic E-state index is 12.2. The fourth-order valence-corrected chi connectivity index (χ4v) is 2.70. The maximum absolute atomic E-state index is 12.2. The van der Waals surface area contributed by atoms with Crippen LogP contribution in [0.1, 0.15) is 5.56 Å². The monoisotopic (exact) mass is 392 g/mol. The number of ether oxygens (including phenoxy) is 3. The van der Waals surface area contributed by atoms with Gasteiger partial charge in [0.15, 0.2) is 0 Å². The van der Waals surface area contributed by atoms with Crippen LogP contribution in [-0.2, 0) is 11.4 Å². The Labute approximate surface area is 170 Å². The molecule has 0 spiro atoms. The third-order valence-electron chi connectivity index (χ3n) is 4.23. The molecule has 3 aromatic rings. The number of hydrogen-bond acceptors (Lipinski definition) is 5. The Balaban J connectivity index is 1.49. The fourth-order valence-electron chi connectivity index (χ4n) is 2.70. The highest BCUT2D eigenvalue weighted by atomic mass is 16.5. The molecule has 0 radical (unpaired) electrons. The van der Waals surface area contributed by atoms with E-state index in [1.807, 2.05) is 60.7 Å². The van der Waals surface area contributed by atoms with Crippen molar-refractivity contribution in [1.29, 1.82) is 0 Å². The van der Waals surface area contributed by atoms with Crippen molar-refractivity contribution in [2.24, 2.45) is 0 Å². The Morgan fingerprint density at radius 2 is 1.59 bits per heavy atom. The molecule has 0 aliphatic rings.